The lowest BCUT2D eigenvalue weighted by atomic mass is 10.2. The van der Waals surface area contributed by atoms with Crippen molar-refractivity contribution in [3.05, 3.63) is 42.5 Å². The molecule has 116 valence electrons. The van der Waals surface area contributed by atoms with E-state index in [9.17, 15) is 4.79 Å². The number of rotatable bonds is 3. The van der Waals surface area contributed by atoms with Gasteiger partial charge in [-0.1, -0.05) is 17.7 Å². The Balaban J connectivity index is 1.56. The maximum absolute atomic E-state index is 12.7. The summed E-state index contributed by atoms with van der Waals surface area (Å²) in [4.78, 5) is 29.9. The van der Waals surface area contributed by atoms with Gasteiger partial charge < -0.3 is 15.2 Å². The average Bonchev–Trinajstić information content (AvgIpc) is 3.17. The summed E-state index contributed by atoms with van der Waals surface area (Å²) in [6.45, 7) is 2.72. The van der Waals surface area contributed by atoms with Crippen LogP contribution < -0.4 is 10.2 Å². The van der Waals surface area contributed by atoms with Gasteiger partial charge in [0.05, 0.1) is 6.33 Å². The van der Waals surface area contributed by atoms with Crippen molar-refractivity contribution in [1.82, 2.24) is 19.9 Å². The van der Waals surface area contributed by atoms with Crippen molar-refractivity contribution in [3.63, 3.8) is 0 Å². The van der Waals surface area contributed by atoms with Crippen LogP contribution in [0, 0.1) is 6.92 Å². The number of aromatic nitrogens is 4. The highest BCUT2D eigenvalue weighted by Gasteiger charge is 2.33. The van der Waals surface area contributed by atoms with Gasteiger partial charge in [0, 0.05) is 12.2 Å². The molecule has 0 saturated carbocycles. The van der Waals surface area contributed by atoms with Gasteiger partial charge in [0.15, 0.2) is 11.5 Å². The number of anilines is 2. The zero-order valence-electron chi connectivity index (χ0n) is 12.7. The van der Waals surface area contributed by atoms with Crippen LogP contribution in [-0.2, 0) is 4.79 Å². The Morgan fingerprint density at radius 2 is 2.04 bits per heavy atom. The summed E-state index contributed by atoms with van der Waals surface area (Å²) in [6.07, 6.45) is 3.74. The van der Waals surface area contributed by atoms with E-state index in [2.05, 4.69) is 25.3 Å². The number of H-pyrrole nitrogens is 1. The molecule has 4 rings (SSSR count). The summed E-state index contributed by atoms with van der Waals surface area (Å²) in [7, 11) is 0. The van der Waals surface area contributed by atoms with Crippen LogP contribution >= 0.6 is 0 Å². The van der Waals surface area contributed by atoms with E-state index in [1.807, 2.05) is 36.1 Å². The van der Waals surface area contributed by atoms with Crippen molar-refractivity contribution < 1.29 is 4.79 Å². The summed E-state index contributed by atoms with van der Waals surface area (Å²) >= 11 is 0. The maximum Gasteiger partial charge on any atom is 0.249 e. The van der Waals surface area contributed by atoms with Crippen LogP contribution in [0.15, 0.2) is 36.9 Å². The van der Waals surface area contributed by atoms with Crippen molar-refractivity contribution in [2.24, 2.45) is 0 Å². The van der Waals surface area contributed by atoms with Gasteiger partial charge in [-0.15, -0.1) is 0 Å². The van der Waals surface area contributed by atoms with Gasteiger partial charge in [-0.25, -0.2) is 15.0 Å². The van der Waals surface area contributed by atoms with Gasteiger partial charge in [0.2, 0.25) is 5.91 Å². The molecule has 0 unspecified atom stereocenters. The number of benzene rings is 1. The fourth-order valence-corrected chi connectivity index (χ4v) is 2.83. The Morgan fingerprint density at radius 3 is 2.87 bits per heavy atom. The van der Waals surface area contributed by atoms with E-state index >= 15 is 0 Å². The molecule has 0 radical (unpaired) electrons. The molecule has 3 aromatic rings. The lowest BCUT2D eigenvalue weighted by Gasteiger charge is -2.17. The minimum Gasteiger partial charge on any atom is -0.356 e. The predicted octanol–water partition coefficient (Wildman–Crippen LogP) is 1.88. The summed E-state index contributed by atoms with van der Waals surface area (Å²) in [5, 5.41) is 3.22. The van der Waals surface area contributed by atoms with Gasteiger partial charge in [-0.3, -0.25) is 4.79 Å². The number of carbonyl (C=O) groups is 1. The van der Waals surface area contributed by atoms with E-state index < -0.39 is 0 Å². The van der Waals surface area contributed by atoms with Gasteiger partial charge in [0.25, 0.3) is 0 Å². The smallest absolute Gasteiger partial charge is 0.249 e. The molecule has 7 nitrogen and oxygen atoms in total. The zero-order chi connectivity index (χ0) is 15.8. The highest BCUT2D eigenvalue weighted by Crippen LogP contribution is 2.25. The summed E-state index contributed by atoms with van der Waals surface area (Å²) in [5.74, 6) is 0.664. The molecule has 1 amide bonds. The number of amides is 1. The number of imidazole rings is 1. The topological polar surface area (TPSA) is 86.8 Å². The molecule has 0 bridgehead atoms. The average molecular weight is 308 g/mol. The second-order valence-corrected chi connectivity index (χ2v) is 5.63. The van der Waals surface area contributed by atoms with Gasteiger partial charge in [-0.2, -0.15) is 0 Å². The Labute approximate surface area is 132 Å². The number of hydrogen-bond acceptors (Lipinski definition) is 5. The second-order valence-electron chi connectivity index (χ2n) is 5.63. The molecule has 0 aliphatic carbocycles. The number of nitrogens with one attached hydrogen (secondary N) is 2. The van der Waals surface area contributed by atoms with Crippen LogP contribution in [0.4, 0.5) is 11.5 Å². The third-order valence-electron chi connectivity index (χ3n) is 4.09. The number of hydrogen-bond donors (Lipinski definition) is 2. The lowest BCUT2D eigenvalue weighted by molar-refractivity contribution is -0.117. The molecule has 2 aromatic heterocycles. The summed E-state index contributed by atoms with van der Waals surface area (Å²) in [5.41, 5.74) is 3.41. The van der Waals surface area contributed by atoms with Gasteiger partial charge in [-0.05, 0) is 25.5 Å². The number of carbonyl (C=O) groups excluding carboxylic acids is 1. The molecule has 1 fully saturated rings. The molecule has 2 N–H and O–H groups in total. The normalized spacial score (nSPS) is 17.9. The monoisotopic (exact) mass is 308 g/mol. The van der Waals surface area contributed by atoms with E-state index in [0.29, 0.717) is 23.5 Å². The fraction of sp³-hybridized carbons (Fsp3) is 0.250. The van der Waals surface area contributed by atoms with E-state index in [1.165, 1.54) is 11.9 Å². The van der Waals surface area contributed by atoms with Crippen molar-refractivity contribution in [2.45, 2.75) is 19.4 Å². The lowest BCUT2D eigenvalue weighted by Crippen LogP contribution is -2.33. The van der Waals surface area contributed by atoms with Crippen LogP contribution in [-0.4, -0.2) is 38.4 Å². The quantitative estimate of drug-likeness (QED) is 0.771. The van der Waals surface area contributed by atoms with E-state index in [4.69, 9.17) is 0 Å². The third kappa shape index (κ3) is 2.40. The molecule has 3 heterocycles. The summed E-state index contributed by atoms with van der Waals surface area (Å²) < 4.78 is 0. The molecule has 1 aromatic carbocycles. The number of fused-ring (bicyclic) bond motifs is 1. The van der Waals surface area contributed by atoms with Crippen LogP contribution in [0.5, 0.6) is 0 Å². The Hall–Kier alpha value is -2.96. The SMILES string of the molecule is Cc1ccc(N2CC[C@H](Nc3ncnc4nc[nH]c34)C2=O)cc1. The number of aryl methyl sites for hydroxylation is 1. The first-order chi connectivity index (χ1) is 11.2. The standard InChI is InChI=1S/C16H16N6O/c1-10-2-4-11(5-3-10)22-7-6-12(16(22)23)21-15-13-14(18-8-17-13)19-9-20-15/h2-5,8-9,12H,6-7H2,1H3,(H2,17,18,19,20,21)/t12-/m0/s1. The molecular weight excluding hydrogens is 292 g/mol. The fourth-order valence-electron chi connectivity index (χ4n) is 2.83. The van der Waals surface area contributed by atoms with Gasteiger partial charge in [0.1, 0.15) is 17.9 Å². The Kier molecular flexibility index (Phi) is 3.18. The molecule has 1 aliphatic heterocycles. The third-order valence-corrected chi connectivity index (χ3v) is 4.09. The molecule has 1 saturated heterocycles. The van der Waals surface area contributed by atoms with E-state index in [0.717, 1.165) is 12.1 Å². The van der Waals surface area contributed by atoms with Crippen LogP contribution in [0.2, 0.25) is 0 Å². The second kappa shape index (κ2) is 5.35. The minimum atomic E-state index is -0.294. The largest absolute Gasteiger partial charge is 0.356 e. The number of nitrogens with zero attached hydrogens (tertiary/aromatic N) is 4. The molecule has 1 aliphatic rings. The predicted molar refractivity (Wildman–Crippen MR) is 87.2 cm³/mol. The Morgan fingerprint density at radius 1 is 1.22 bits per heavy atom. The van der Waals surface area contributed by atoms with Crippen molar-refractivity contribution in [2.75, 3.05) is 16.8 Å². The van der Waals surface area contributed by atoms with Crippen molar-refractivity contribution in [3.8, 4) is 0 Å². The number of aromatic amines is 1. The molecule has 1 atom stereocenters. The first-order valence-electron chi connectivity index (χ1n) is 7.51. The highest BCUT2D eigenvalue weighted by molar-refractivity contribution is 6.01. The highest BCUT2D eigenvalue weighted by atomic mass is 16.2. The van der Waals surface area contributed by atoms with Crippen LogP contribution in [0.1, 0.15) is 12.0 Å². The van der Waals surface area contributed by atoms with E-state index in [-0.39, 0.29) is 11.9 Å². The maximum atomic E-state index is 12.7. The Bertz CT molecular complexity index is 856. The molecule has 0 spiro atoms. The van der Waals surface area contributed by atoms with Crippen molar-refractivity contribution >= 4 is 28.6 Å². The van der Waals surface area contributed by atoms with Gasteiger partial charge >= 0.3 is 0 Å². The molecule has 7 heteroatoms. The molecular formula is C16H16N6O. The van der Waals surface area contributed by atoms with Crippen LogP contribution in [0.25, 0.3) is 11.2 Å². The van der Waals surface area contributed by atoms with Crippen LogP contribution in [0.3, 0.4) is 0 Å². The first kappa shape index (κ1) is 13.7. The first-order valence-corrected chi connectivity index (χ1v) is 7.51. The zero-order valence-corrected chi connectivity index (χ0v) is 12.7. The summed E-state index contributed by atoms with van der Waals surface area (Å²) in [6, 6.07) is 7.70. The molecule has 23 heavy (non-hydrogen) atoms. The minimum absolute atomic E-state index is 0.0557. The van der Waals surface area contributed by atoms with Crippen molar-refractivity contribution in [1.29, 1.82) is 0 Å². The van der Waals surface area contributed by atoms with E-state index in [1.54, 1.807) is 6.33 Å².